The summed E-state index contributed by atoms with van der Waals surface area (Å²) in [7, 11) is 0. The van der Waals surface area contributed by atoms with Crippen molar-refractivity contribution < 1.29 is 13.2 Å². The van der Waals surface area contributed by atoms with Crippen molar-refractivity contribution in [1.82, 2.24) is 9.13 Å². The van der Waals surface area contributed by atoms with Gasteiger partial charge in [0.25, 0.3) is 0 Å². The minimum Gasteiger partial charge on any atom is -0.308 e. The Kier molecular flexibility index (Phi) is 8.55. The molecule has 0 aliphatic heterocycles. The number of para-hydroxylation sites is 2. The second kappa shape index (κ2) is 13.9. The van der Waals surface area contributed by atoms with E-state index in [0.29, 0.717) is 28.1 Å². The maximum Gasteiger partial charge on any atom is 0.416 e. The molecule has 0 bridgehead atoms. The number of nitriles is 1. The SMILES string of the molecule is Cc1ccc(-c2ccc3c4ccccc4n(-c4cc(C#N)cc(-n5c6ccccc6c6ccc(-c7ccc(C)cc7C)cc65)c4-c4cccc(C(F)(F)F)c4)c3c2)c(C)c1. The summed E-state index contributed by atoms with van der Waals surface area (Å²) in [5.74, 6) is 0. The van der Waals surface area contributed by atoms with Gasteiger partial charge in [-0.2, -0.15) is 18.4 Å². The van der Waals surface area contributed by atoms with Crippen molar-refractivity contribution in [2.45, 2.75) is 33.9 Å². The van der Waals surface area contributed by atoms with E-state index in [0.717, 1.165) is 83.1 Å². The molecular weight excluding hydrogens is 748 g/mol. The molecule has 60 heavy (non-hydrogen) atoms. The fourth-order valence-electron chi connectivity index (χ4n) is 9.25. The number of halogens is 3. The zero-order chi connectivity index (χ0) is 41.4. The van der Waals surface area contributed by atoms with E-state index in [9.17, 15) is 18.4 Å². The van der Waals surface area contributed by atoms with Gasteiger partial charge in [0, 0.05) is 27.1 Å². The van der Waals surface area contributed by atoms with Gasteiger partial charge in [-0.25, -0.2) is 0 Å². The molecule has 0 aliphatic rings. The van der Waals surface area contributed by atoms with Gasteiger partial charge in [-0.3, -0.25) is 0 Å². The van der Waals surface area contributed by atoms with Gasteiger partial charge in [0.15, 0.2) is 0 Å². The van der Waals surface area contributed by atoms with Crippen LogP contribution in [0.5, 0.6) is 0 Å². The number of benzene rings is 8. The number of hydrogen-bond donors (Lipinski definition) is 0. The second-order valence-electron chi connectivity index (χ2n) is 15.9. The largest absolute Gasteiger partial charge is 0.416 e. The number of hydrogen-bond acceptors (Lipinski definition) is 1. The van der Waals surface area contributed by atoms with Crippen molar-refractivity contribution in [3.8, 4) is 50.8 Å². The van der Waals surface area contributed by atoms with Crippen molar-refractivity contribution in [3.05, 3.63) is 191 Å². The van der Waals surface area contributed by atoms with E-state index in [2.05, 4.69) is 128 Å². The molecule has 0 spiro atoms. The first-order valence-corrected chi connectivity index (χ1v) is 20.0. The van der Waals surface area contributed by atoms with Crippen LogP contribution in [0.4, 0.5) is 13.2 Å². The molecule has 10 rings (SSSR count). The Hall–Kier alpha value is -7.36. The van der Waals surface area contributed by atoms with Gasteiger partial charge in [0.1, 0.15) is 0 Å². The summed E-state index contributed by atoms with van der Waals surface area (Å²) >= 11 is 0. The summed E-state index contributed by atoms with van der Waals surface area (Å²) in [4.78, 5) is 0. The lowest BCUT2D eigenvalue weighted by Gasteiger charge is -2.22. The molecule has 2 aromatic heterocycles. The van der Waals surface area contributed by atoms with Crippen LogP contribution in [0.25, 0.3) is 88.4 Å². The van der Waals surface area contributed by atoms with Crippen LogP contribution in [0.1, 0.15) is 33.4 Å². The fraction of sp³-hybridized carbons (Fsp3) is 0.0926. The van der Waals surface area contributed by atoms with Gasteiger partial charge >= 0.3 is 6.18 Å². The minimum atomic E-state index is -4.58. The highest BCUT2D eigenvalue weighted by Crippen LogP contribution is 2.45. The van der Waals surface area contributed by atoms with Crippen LogP contribution < -0.4 is 0 Å². The van der Waals surface area contributed by atoms with E-state index in [1.54, 1.807) is 6.07 Å². The molecule has 0 aliphatic carbocycles. The van der Waals surface area contributed by atoms with Gasteiger partial charge in [-0.15, -0.1) is 0 Å². The van der Waals surface area contributed by atoms with Crippen LogP contribution >= 0.6 is 0 Å². The molecular formula is C54H38F3N3. The van der Waals surface area contributed by atoms with E-state index >= 15 is 0 Å². The highest BCUT2D eigenvalue weighted by Gasteiger charge is 2.32. The molecule has 0 unspecified atom stereocenters. The van der Waals surface area contributed by atoms with E-state index in [1.807, 2.05) is 48.5 Å². The van der Waals surface area contributed by atoms with Gasteiger partial charge < -0.3 is 9.13 Å². The van der Waals surface area contributed by atoms with Crippen LogP contribution in [-0.2, 0) is 6.18 Å². The molecule has 0 saturated carbocycles. The molecule has 0 amide bonds. The molecule has 3 nitrogen and oxygen atoms in total. The van der Waals surface area contributed by atoms with Crippen molar-refractivity contribution in [2.75, 3.05) is 0 Å². The van der Waals surface area contributed by atoms with Crippen LogP contribution in [0.15, 0.2) is 158 Å². The molecule has 6 heteroatoms. The Labute approximate surface area is 345 Å². The van der Waals surface area contributed by atoms with E-state index in [4.69, 9.17) is 0 Å². The topological polar surface area (TPSA) is 33.6 Å². The first kappa shape index (κ1) is 36.9. The second-order valence-corrected chi connectivity index (χ2v) is 15.9. The van der Waals surface area contributed by atoms with Crippen LogP contribution in [0, 0.1) is 39.0 Å². The molecule has 0 fully saturated rings. The Morgan fingerprint density at radius 1 is 0.450 bits per heavy atom. The van der Waals surface area contributed by atoms with Gasteiger partial charge in [0.05, 0.1) is 50.6 Å². The van der Waals surface area contributed by atoms with Crippen LogP contribution in [0.3, 0.4) is 0 Å². The average Bonchev–Trinajstić information content (AvgIpc) is 3.75. The summed E-state index contributed by atoms with van der Waals surface area (Å²) in [6, 6.07) is 53.5. The van der Waals surface area contributed by atoms with Gasteiger partial charge in [0.2, 0.25) is 0 Å². The third-order valence-electron chi connectivity index (χ3n) is 11.9. The summed E-state index contributed by atoms with van der Waals surface area (Å²) < 4.78 is 48.2. The third kappa shape index (κ3) is 5.96. The van der Waals surface area contributed by atoms with E-state index in [1.165, 1.54) is 23.3 Å². The molecule has 0 atom stereocenters. The average molecular weight is 786 g/mol. The van der Waals surface area contributed by atoms with Crippen molar-refractivity contribution >= 4 is 43.6 Å². The first-order chi connectivity index (χ1) is 29.0. The lowest BCUT2D eigenvalue weighted by molar-refractivity contribution is -0.137. The molecule has 2 heterocycles. The number of rotatable bonds is 5. The minimum absolute atomic E-state index is 0.378. The van der Waals surface area contributed by atoms with Crippen LogP contribution in [-0.4, -0.2) is 9.13 Å². The number of alkyl halides is 3. The molecule has 10 aromatic rings. The summed E-state index contributed by atoms with van der Waals surface area (Å²) in [6.45, 7) is 8.37. The highest BCUT2D eigenvalue weighted by atomic mass is 19.4. The molecule has 0 saturated heterocycles. The van der Waals surface area contributed by atoms with Crippen molar-refractivity contribution in [3.63, 3.8) is 0 Å². The predicted molar refractivity (Wildman–Crippen MR) is 240 cm³/mol. The smallest absolute Gasteiger partial charge is 0.308 e. The standard InChI is InChI=1S/C54H38F3N3/c1-32-16-20-41(34(3)24-32)37-18-22-45-43-12-5-7-14-47(43)59(49(45)29-37)51-26-36(31-58)27-52(53(51)39-10-9-11-40(28-39)54(55,56)57)60-48-15-8-6-13-44(48)46-23-19-38(30-50(46)60)42-21-17-33(2)25-35(42)4/h5-30H,1-4H3. The van der Waals surface area contributed by atoms with Gasteiger partial charge in [-0.05, 0) is 115 Å². The molecule has 8 aromatic carbocycles. The third-order valence-corrected chi connectivity index (χ3v) is 11.9. The summed E-state index contributed by atoms with van der Waals surface area (Å²) in [5.41, 5.74) is 14.1. The highest BCUT2D eigenvalue weighted by molar-refractivity contribution is 6.13. The van der Waals surface area contributed by atoms with Crippen molar-refractivity contribution in [2.24, 2.45) is 0 Å². The zero-order valence-electron chi connectivity index (χ0n) is 33.5. The monoisotopic (exact) mass is 785 g/mol. The maximum absolute atomic E-state index is 14.7. The zero-order valence-corrected chi connectivity index (χ0v) is 33.5. The normalized spacial score (nSPS) is 11.9. The molecule has 290 valence electrons. The van der Waals surface area contributed by atoms with E-state index < -0.39 is 11.7 Å². The Morgan fingerprint density at radius 2 is 0.933 bits per heavy atom. The summed E-state index contributed by atoms with van der Waals surface area (Å²) in [6.07, 6.45) is -4.58. The fourth-order valence-corrected chi connectivity index (χ4v) is 9.25. The predicted octanol–water partition coefficient (Wildman–Crippen LogP) is 15.0. The first-order valence-electron chi connectivity index (χ1n) is 20.0. The van der Waals surface area contributed by atoms with Gasteiger partial charge in [-0.1, -0.05) is 120 Å². The lowest BCUT2D eigenvalue weighted by Crippen LogP contribution is -2.07. The Bertz CT molecular complexity index is 3240. The number of nitrogens with zero attached hydrogens (tertiary/aromatic N) is 3. The summed E-state index contributed by atoms with van der Waals surface area (Å²) in [5, 5.41) is 14.8. The van der Waals surface area contributed by atoms with E-state index in [-0.39, 0.29) is 0 Å². The number of fused-ring (bicyclic) bond motifs is 6. The van der Waals surface area contributed by atoms with Crippen LogP contribution in [0.2, 0.25) is 0 Å². The van der Waals surface area contributed by atoms with Crippen molar-refractivity contribution in [1.29, 1.82) is 5.26 Å². The Balaban J connectivity index is 1.37. The Morgan fingerprint density at radius 3 is 1.40 bits per heavy atom. The number of aryl methyl sites for hydroxylation is 4. The number of aromatic nitrogens is 2. The molecule has 0 N–H and O–H groups in total. The lowest BCUT2D eigenvalue weighted by atomic mass is 9.96. The maximum atomic E-state index is 14.7. The molecule has 0 radical (unpaired) electrons. The quantitative estimate of drug-likeness (QED) is 0.171.